The van der Waals surface area contributed by atoms with E-state index in [4.69, 9.17) is 5.73 Å². The van der Waals surface area contributed by atoms with Crippen molar-refractivity contribution in [1.29, 1.82) is 0 Å². The van der Waals surface area contributed by atoms with Crippen molar-refractivity contribution < 1.29 is 4.39 Å². The number of nitrogen functional groups attached to an aromatic ring is 1. The van der Waals surface area contributed by atoms with E-state index in [1.165, 1.54) is 6.07 Å². The van der Waals surface area contributed by atoms with Crippen LogP contribution in [0.15, 0.2) is 18.2 Å². The molecule has 1 aromatic rings. The second-order valence-electron chi connectivity index (χ2n) is 2.54. The molecule has 2 nitrogen and oxygen atoms in total. The molecule has 0 heterocycles. The highest BCUT2D eigenvalue weighted by molar-refractivity contribution is 5.56. The van der Waals surface area contributed by atoms with E-state index in [-0.39, 0.29) is 11.4 Å². The first-order valence-corrected chi connectivity index (χ1v) is 3.93. The molecule has 1 aromatic carbocycles. The van der Waals surface area contributed by atoms with Crippen molar-refractivity contribution in [3.63, 3.8) is 0 Å². The van der Waals surface area contributed by atoms with Crippen LogP contribution in [0.1, 0.15) is 5.56 Å². The van der Waals surface area contributed by atoms with Gasteiger partial charge in [-0.25, -0.2) is 4.39 Å². The van der Waals surface area contributed by atoms with Gasteiger partial charge in [-0.05, 0) is 19.2 Å². The Morgan fingerprint density at radius 2 is 2.31 bits per heavy atom. The van der Waals surface area contributed by atoms with Crippen molar-refractivity contribution in [3.05, 3.63) is 29.6 Å². The number of halogens is 1. The molecule has 68 valence electrons. The first-order chi connectivity index (χ1) is 6.25. The van der Waals surface area contributed by atoms with Crippen LogP contribution in [0.25, 0.3) is 0 Å². The Bertz CT molecular complexity index is 329. The molecule has 0 aliphatic rings. The lowest BCUT2D eigenvalue weighted by Gasteiger charge is -1.97. The van der Waals surface area contributed by atoms with E-state index in [0.717, 1.165) is 0 Å². The summed E-state index contributed by atoms with van der Waals surface area (Å²) in [7, 11) is 1.78. The Morgan fingerprint density at radius 1 is 1.54 bits per heavy atom. The van der Waals surface area contributed by atoms with Crippen molar-refractivity contribution in [3.8, 4) is 11.8 Å². The minimum absolute atomic E-state index is 0.276. The molecule has 0 bridgehead atoms. The van der Waals surface area contributed by atoms with Crippen LogP contribution in [0.2, 0.25) is 0 Å². The van der Waals surface area contributed by atoms with Gasteiger partial charge in [-0.2, -0.15) is 0 Å². The van der Waals surface area contributed by atoms with Gasteiger partial charge in [0.15, 0.2) is 0 Å². The van der Waals surface area contributed by atoms with Crippen LogP contribution in [0.4, 0.5) is 10.1 Å². The van der Waals surface area contributed by atoms with Gasteiger partial charge in [-0.3, -0.25) is 0 Å². The van der Waals surface area contributed by atoms with Gasteiger partial charge in [-0.1, -0.05) is 17.9 Å². The van der Waals surface area contributed by atoms with E-state index >= 15 is 0 Å². The molecule has 0 aliphatic carbocycles. The van der Waals surface area contributed by atoms with Crippen molar-refractivity contribution in [2.45, 2.75) is 0 Å². The summed E-state index contributed by atoms with van der Waals surface area (Å²) >= 11 is 0. The van der Waals surface area contributed by atoms with Crippen LogP contribution in [-0.2, 0) is 0 Å². The molecule has 0 aliphatic heterocycles. The molecule has 0 saturated heterocycles. The number of nitrogens with one attached hydrogen (secondary N) is 1. The maximum atomic E-state index is 13.1. The fourth-order valence-electron chi connectivity index (χ4n) is 0.894. The molecule has 0 fully saturated rings. The van der Waals surface area contributed by atoms with Crippen LogP contribution < -0.4 is 11.1 Å². The van der Waals surface area contributed by atoms with Gasteiger partial charge in [0.2, 0.25) is 0 Å². The molecule has 0 radical (unpaired) electrons. The van der Waals surface area contributed by atoms with Crippen molar-refractivity contribution in [2.75, 3.05) is 19.3 Å². The van der Waals surface area contributed by atoms with Gasteiger partial charge in [-0.15, -0.1) is 0 Å². The van der Waals surface area contributed by atoms with Gasteiger partial charge in [0.1, 0.15) is 5.82 Å². The van der Waals surface area contributed by atoms with E-state index < -0.39 is 0 Å². The smallest absolute Gasteiger partial charge is 0.140 e. The van der Waals surface area contributed by atoms with E-state index in [0.29, 0.717) is 12.2 Å². The molecule has 0 saturated carbocycles. The van der Waals surface area contributed by atoms with Crippen LogP contribution >= 0.6 is 0 Å². The van der Waals surface area contributed by atoms with Gasteiger partial charge < -0.3 is 11.1 Å². The van der Waals surface area contributed by atoms with E-state index in [2.05, 4.69) is 17.2 Å². The summed E-state index contributed by atoms with van der Waals surface area (Å²) in [6, 6.07) is 4.54. The molecular formula is C10H11FN2. The monoisotopic (exact) mass is 178 g/mol. The highest BCUT2D eigenvalue weighted by atomic mass is 19.1. The highest BCUT2D eigenvalue weighted by Crippen LogP contribution is 2.13. The zero-order valence-electron chi connectivity index (χ0n) is 7.39. The molecular weight excluding hydrogens is 167 g/mol. The summed E-state index contributed by atoms with van der Waals surface area (Å²) in [5, 5.41) is 2.84. The molecule has 0 amide bonds. The van der Waals surface area contributed by atoms with Crippen LogP contribution in [0, 0.1) is 17.7 Å². The minimum atomic E-state index is -0.372. The second kappa shape index (κ2) is 4.48. The first-order valence-electron chi connectivity index (χ1n) is 3.93. The topological polar surface area (TPSA) is 38.0 Å². The molecule has 13 heavy (non-hydrogen) atoms. The minimum Gasteiger partial charge on any atom is -0.398 e. The summed E-state index contributed by atoms with van der Waals surface area (Å²) in [5.41, 5.74) is 6.19. The third kappa shape index (κ3) is 2.46. The van der Waals surface area contributed by atoms with Crippen LogP contribution in [-0.4, -0.2) is 13.6 Å². The molecule has 0 spiro atoms. The third-order valence-corrected chi connectivity index (χ3v) is 1.52. The van der Waals surface area contributed by atoms with Crippen LogP contribution in [0.3, 0.4) is 0 Å². The molecule has 0 atom stereocenters. The molecule has 3 heteroatoms. The molecule has 0 unspecified atom stereocenters. The quantitative estimate of drug-likeness (QED) is 0.497. The lowest BCUT2D eigenvalue weighted by Crippen LogP contribution is -2.04. The zero-order valence-corrected chi connectivity index (χ0v) is 7.39. The Balaban J connectivity index is 2.95. The Labute approximate surface area is 76.9 Å². The fourth-order valence-corrected chi connectivity index (χ4v) is 0.894. The Morgan fingerprint density at radius 3 is 2.92 bits per heavy atom. The summed E-state index contributed by atoms with van der Waals surface area (Å²) in [4.78, 5) is 0. The zero-order chi connectivity index (χ0) is 9.68. The maximum absolute atomic E-state index is 13.1. The van der Waals surface area contributed by atoms with Gasteiger partial charge in [0.25, 0.3) is 0 Å². The maximum Gasteiger partial charge on any atom is 0.140 e. The predicted molar refractivity (Wildman–Crippen MR) is 51.6 cm³/mol. The lowest BCUT2D eigenvalue weighted by molar-refractivity contribution is 0.625. The summed E-state index contributed by atoms with van der Waals surface area (Å²) in [6.45, 7) is 0.522. The Hall–Kier alpha value is -1.53. The lowest BCUT2D eigenvalue weighted by atomic mass is 10.2. The van der Waals surface area contributed by atoms with Crippen LogP contribution in [0.5, 0.6) is 0 Å². The fraction of sp³-hybridized carbons (Fsp3) is 0.200. The number of hydrogen-bond donors (Lipinski definition) is 2. The average molecular weight is 178 g/mol. The molecule has 3 N–H and O–H groups in total. The predicted octanol–water partition coefficient (Wildman–Crippen LogP) is 0.979. The van der Waals surface area contributed by atoms with E-state index in [9.17, 15) is 4.39 Å². The van der Waals surface area contributed by atoms with Crippen molar-refractivity contribution in [1.82, 2.24) is 5.32 Å². The number of anilines is 1. The average Bonchev–Trinajstić information content (AvgIpc) is 2.10. The Kier molecular flexibility index (Phi) is 3.30. The second-order valence-corrected chi connectivity index (χ2v) is 2.54. The molecule has 1 rings (SSSR count). The summed E-state index contributed by atoms with van der Waals surface area (Å²) in [5.74, 6) is 5.05. The summed E-state index contributed by atoms with van der Waals surface area (Å²) < 4.78 is 13.1. The van der Waals surface area contributed by atoms with Gasteiger partial charge in [0, 0.05) is 0 Å². The largest absolute Gasteiger partial charge is 0.398 e. The first kappa shape index (κ1) is 9.56. The SMILES string of the molecule is CNCC#Cc1c(N)cccc1F. The van der Waals surface area contributed by atoms with E-state index in [1.807, 2.05) is 0 Å². The summed E-state index contributed by atoms with van der Waals surface area (Å²) in [6.07, 6.45) is 0. The molecule has 0 aromatic heterocycles. The normalized spacial score (nSPS) is 9.08. The number of nitrogens with two attached hydrogens (primary N) is 1. The number of hydrogen-bond acceptors (Lipinski definition) is 2. The number of rotatable bonds is 1. The van der Waals surface area contributed by atoms with Gasteiger partial charge >= 0.3 is 0 Å². The third-order valence-electron chi connectivity index (χ3n) is 1.52. The van der Waals surface area contributed by atoms with Crippen molar-refractivity contribution >= 4 is 5.69 Å². The standard InChI is InChI=1S/C10H11FN2/c1-13-7-3-4-8-9(11)5-2-6-10(8)12/h2,5-6,13H,7,12H2,1H3. The van der Waals surface area contributed by atoms with Crippen molar-refractivity contribution in [2.24, 2.45) is 0 Å². The highest BCUT2D eigenvalue weighted by Gasteiger charge is 2.00. The van der Waals surface area contributed by atoms with E-state index in [1.54, 1.807) is 19.2 Å². The van der Waals surface area contributed by atoms with Gasteiger partial charge in [0.05, 0.1) is 17.8 Å². The number of benzene rings is 1.